The van der Waals surface area contributed by atoms with Gasteiger partial charge in [-0.05, 0) is 74.7 Å². The number of ether oxygens (including phenoxy) is 1. The second kappa shape index (κ2) is 10.4. The van der Waals surface area contributed by atoms with Gasteiger partial charge in [-0.25, -0.2) is 0 Å². The van der Waals surface area contributed by atoms with Gasteiger partial charge in [0.25, 0.3) is 5.91 Å². The Morgan fingerprint density at radius 1 is 1.03 bits per heavy atom. The highest BCUT2D eigenvalue weighted by Crippen LogP contribution is 2.29. The number of carbonyl (C=O) groups excluding carboxylic acids is 1. The van der Waals surface area contributed by atoms with Crippen LogP contribution in [-0.4, -0.2) is 55.1 Å². The molecule has 174 valence electrons. The molecule has 1 fully saturated rings. The smallest absolute Gasteiger partial charge is 0.262 e. The molecule has 0 atom stereocenters. The third kappa shape index (κ3) is 5.40. The number of anilines is 2. The van der Waals surface area contributed by atoms with Crippen molar-refractivity contribution in [2.75, 3.05) is 49.5 Å². The predicted molar refractivity (Wildman–Crippen MR) is 136 cm³/mol. The van der Waals surface area contributed by atoms with E-state index < -0.39 is 0 Å². The van der Waals surface area contributed by atoms with Gasteiger partial charge in [0.2, 0.25) is 0 Å². The maximum absolute atomic E-state index is 11.5. The number of hydrogen-bond acceptors (Lipinski definition) is 5. The molecule has 2 aromatic carbocycles. The molecule has 3 aromatic rings. The number of halogens is 1. The molecule has 0 saturated carbocycles. The summed E-state index contributed by atoms with van der Waals surface area (Å²) in [5.41, 5.74) is 5.50. The molecular weight excluding hydrogens is 436 g/mol. The van der Waals surface area contributed by atoms with Crippen molar-refractivity contribution in [3.63, 3.8) is 0 Å². The summed E-state index contributed by atoms with van der Waals surface area (Å²) in [6.07, 6.45) is 3.34. The number of hydrogen-bond donors (Lipinski definition) is 1. The van der Waals surface area contributed by atoms with Crippen molar-refractivity contribution in [2.45, 2.75) is 26.2 Å². The monoisotopic (exact) mass is 466 g/mol. The fraction of sp³-hybridized carbons (Fsp3) is 0.385. The number of fused-ring (bicyclic) bond motifs is 2. The summed E-state index contributed by atoms with van der Waals surface area (Å²) in [5.74, 6) is 0.687. The molecule has 5 rings (SSSR count). The summed E-state index contributed by atoms with van der Waals surface area (Å²) >= 11 is 0. The molecular formula is C26H31ClN4O2. The summed E-state index contributed by atoms with van der Waals surface area (Å²) in [6.45, 7) is 7.58. The van der Waals surface area contributed by atoms with Gasteiger partial charge in [-0.1, -0.05) is 12.1 Å². The van der Waals surface area contributed by atoms with Crippen molar-refractivity contribution in [1.29, 1.82) is 0 Å². The van der Waals surface area contributed by atoms with Gasteiger partial charge in [0, 0.05) is 42.9 Å². The zero-order valence-corrected chi connectivity index (χ0v) is 19.9. The number of amides is 1. The third-order valence-electron chi connectivity index (χ3n) is 6.43. The summed E-state index contributed by atoms with van der Waals surface area (Å²) in [6, 6.07) is 16.9. The number of rotatable bonds is 6. The summed E-state index contributed by atoms with van der Waals surface area (Å²) in [7, 11) is 0. The fourth-order valence-electron chi connectivity index (χ4n) is 4.68. The summed E-state index contributed by atoms with van der Waals surface area (Å²) in [5, 5.41) is 4.14. The van der Waals surface area contributed by atoms with Gasteiger partial charge in [0.05, 0.1) is 11.2 Å². The number of nitrogens with one attached hydrogen (secondary N) is 1. The average Bonchev–Trinajstić information content (AvgIpc) is 2.81. The number of nitrogens with zero attached hydrogens (tertiary/aromatic N) is 3. The van der Waals surface area contributed by atoms with E-state index in [-0.39, 0.29) is 24.9 Å². The van der Waals surface area contributed by atoms with E-state index in [2.05, 4.69) is 56.5 Å². The van der Waals surface area contributed by atoms with Crippen LogP contribution in [-0.2, 0) is 11.2 Å². The zero-order chi connectivity index (χ0) is 21.9. The molecule has 33 heavy (non-hydrogen) atoms. The molecule has 2 aliphatic rings. The van der Waals surface area contributed by atoms with Gasteiger partial charge in [-0.15, -0.1) is 12.4 Å². The second-order valence-electron chi connectivity index (χ2n) is 8.75. The van der Waals surface area contributed by atoms with Crippen LogP contribution in [0.3, 0.4) is 0 Å². The van der Waals surface area contributed by atoms with Crippen molar-refractivity contribution in [3.05, 3.63) is 59.8 Å². The molecule has 0 unspecified atom stereocenters. The van der Waals surface area contributed by atoms with E-state index in [0.29, 0.717) is 0 Å². The number of piperazine rings is 1. The summed E-state index contributed by atoms with van der Waals surface area (Å²) in [4.78, 5) is 21.3. The highest BCUT2D eigenvalue weighted by molar-refractivity contribution is 5.95. The first kappa shape index (κ1) is 23.3. The Labute approximate surface area is 201 Å². The Balaban J connectivity index is 0.00000259. The Bertz CT molecular complexity index is 1130. The molecule has 0 aliphatic carbocycles. The standard InChI is InChI=1S/C26H30N4O2.ClH/c1-19-8-10-21-22(27-19)6-4-7-24(21)30-15-13-29(14-16-30)12-3-2-5-20-9-11-25-23(17-20)28-26(31)18-32-25;/h4,6-11,17H,2-3,5,12-16,18H2,1H3,(H,28,31);1H. The van der Waals surface area contributed by atoms with Crippen LogP contribution in [0.15, 0.2) is 48.5 Å². The lowest BCUT2D eigenvalue weighted by Gasteiger charge is -2.36. The van der Waals surface area contributed by atoms with Crippen LogP contribution in [0.2, 0.25) is 0 Å². The molecule has 2 aliphatic heterocycles. The van der Waals surface area contributed by atoms with Gasteiger partial charge < -0.3 is 15.0 Å². The van der Waals surface area contributed by atoms with E-state index in [1.54, 1.807) is 0 Å². The van der Waals surface area contributed by atoms with Crippen LogP contribution in [0.25, 0.3) is 10.9 Å². The second-order valence-corrected chi connectivity index (χ2v) is 8.75. The van der Waals surface area contributed by atoms with E-state index in [1.165, 1.54) is 23.1 Å². The molecule has 1 N–H and O–H groups in total. The largest absolute Gasteiger partial charge is 0.482 e. The molecule has 6 nitrogen and oxygen atoms in total. The van der Waals surface area contributed by atoms with E-state index in [0.717, 1.165) is 68.2 Å². The predicted octanol–water partition coefficient (Wildman–Crippen LogP) is 4.44. The van der Waals surface area contributed by atoms with Crippen molar-refractivity contribution in [2.24, 2.45) is 0 Å². The van der Waals surface area contributed by atoms with E-state index in [1.807, 2.05) is 19.1 Å². The highest BCUT2D eigenvalue weighted by atomic mass is 35.5. The highest BCUT2D eigenvalue weighted by Gasteiger charge is 2.19. The molecule has 7 heteroatoms. The van der Waals surface area contributed by atoms with Crippen molar-refractivity contribution in [3.8, 4) is 5.75 Å². The minimum atomic E-state index is -0.0799. The number of carbonyl (C=O) groups is 1. The molecule has 0 bridgehead atoms. The van der Waals surface area contributed by atoms with Gasteiger partial charge in [-0.3, -0.25) is 14.7 Å². The average molecular weight is 467 g/mol. The Morgan fingerprint density at radius 2 is 1.88 bits per heavy atom. The minimum absolute atomic E-state index is 0. The van der Waals surface area contributed by atoms with Gasteiger partial charge >= 0.3 is 0 Å². The number of aromatic nitrogens is 1. The molecule has 0 radical (unpaired) electrons. The lowest BCUT2D eigenvalue weighted by Crippen LogP contribution is -2.46. The molecule has 1 amide bonds. The number of unbranched alkanes of at least 4 members (excludes halogenated alkanes) is 1. The molecule has 1 aromatic heterocycles. The number of benzene rings is 2. The first-order valence-electron chi connectivity index (χ1n) is 11.5. The Hall–Kier alpha value is -2.83. The number of pyridine rings is 1. The third-order valence-corrected chi connectivity index (χ3v) is 6.43. The van der Waals surface area contributed by atoms with Crippen molar-refractivity contribution in [1.82, 2.24) is 9.88 Å². The van der Waals surface area contributed by atoms with Gasteiger partial charge in [-0.2, -0.15) is 0 Å². The van der Waals surface area contributed by atoms with Crippen LogP contribution in [0.5, 0.6) is 5.75 Å². The van der Waals surface area contributed by atoms with Crippen LogP contribution in [0.4, 0.5) is 11.4 Å². The Kier molecular flexibility index (Phi) is 7.36. The zero-order valence-electron chi connectivity index (χ0n) is 19.0. The fourth-order valence-corrected chi connectivity index (χ4v) is 4.68. The lowest BCUT2D eigenvalue weighted by atomic mass is 10.1. The Morgan fingerprint density at radius 3 is 2.73 bits per heavy atom. The lowest BCUT2D eigenvalue weighted by molar-refractivity contribution is -0.118. The summed E-state index contributed by atoms with van der Waals surface area (Å²) < 4.78 is 5.44. The topological polar surface area (TPSA) is 57.7 Å². The first-order chi connectivity index (χ1) is 15.7. The van der Waals surface area contributed by atoms with Gasteiger partial charge in [0.1, 0.15) is 5.75 Å². The van der Waals surface area contributed by atoms with E-state index >= 15 is 0 Å². The van der Waals surface area contributed by atoms with Crippen LogP contribution in [0, 0.1) is 6.92 Å². The maximum Gasteiger partial charge on any atom is 0.262 e. The quantitative estimate of drug-likeness (QED) is 0.544. The molecule has 3 heterocycles. The maximum atomic E-state index is 11.5. The normalized spacial score (nSPS) is 16.0. The first-order valence-corrected chi connectivity index (χ1v) is 11.5. The van der Waals surface area contributed by atoms with Crippen LogP contribution < -0.4 is 15.0 Å². The van der Waals surface area contributed by atoms with Crippen molar-refractivity contribution < 1.29 is 9.53 Å². The van der Waals surface area contributed by atoms with Crippen LogP contribution in [0.1, 0.15) is 24.1 Å². The van der Waals surface area contributed by atoms with Crippen molar-refractivity contribution >= 4 is 40.6 Å². The van der Waals surface area contributed by atoms with Gasteiger partial charge in [0.15, 0.2) is 6.61 Å². The SMILES string of the molecule is Cc1ccc2c(N3CCN(CCCCc4ccc5c(c4)NC(=O)CO5)CC3)cccc2n1.Cl. The number of aryl methyl sites for hydroxylation is 2. The van der Waals surface area contributed by atoms with Crippen LogP contribution >= 0.6 is 12.4 Å². The molecule has 1 saturated heterocycles. The van der Waals surface area contributed by atoms with E-state index in [4.69, 9.17) is 4.74 Å². The van der Waals surface area contributed by atoms with E-state index in [9.17, 15) is 4.79 Å². The minimum Gasteiger partial charge on any atom is -0.482 e. The molecule has 0 spiro atoms.